The summed E-state index contributed by atoms with van der Waals surface area (Å²) in [4.78, 5) is 18.8. The van der Waals surface area contributed by atoms with Gasteiger partial charge >= 0.3 is 0 Å². The Hall–Kier alpha value is -2.27. The summed E-state index contributed by atoms with van der Waals surface area (Å²) >= 11 is 3.55. The molecule has 0 bridgehead atoms. The molecule has 1 atom stereocenters. The van der Waals surface area contributed by atoms with Gasteiger partial charge in [-0.05, 0) is 28.8 Å². The number of hydrogen-bond donors (Lipinski definition) is 0. The Kier molecular flexibility index (Phi) is 5.32. The maximum atomic E-state index is 13.9. The molecule has 0 saturated carbocycles. The van der Waals surface area contributed by atoms with Crippen LogP contribution in [0.3, 0.4) is 0 Å². The number of hydrogen-bond acceptors (Lipinski definition) is 3. The minimum atomic E-state index is -0.594. The Labute approximate surface area is 186 Å². The van der Waals surface area contributed by atoms with E-state index >= 15 is 0 Å². The van der Waals surface area contributed by atoms with Crippen molar-refractivity contribution < 1.29 is 4.79 Å². The van der Waals surface area contributed by atoms with E-state index in [0.29, 0.717) is 0 Å². The normalized spacial score (nSPS) is 22.2. The molecule has 3 aromatic rings. The number of halogens is 1. The van der Waals surface area contributed by atoms with Crippen LogP contribution in [0.5, 0.6) is 0 Å². The average Bonchev–Trinajstić information content (AvgIpc) is 3.08. The summed E-state index contributed by atoms with van der Waals surface area (Å²) < 4.78 is 0.964. The van der Waals surface area contributed by atoms with E-state index in [1.807, 2.05) is 18.2 Å². The van der Waals surface area contributed by atoms with Gasteiger partial charge in [0.05, 0.1) is 0 Å². The molecule has 0 N–H and O–H groups in total. The van der Waals surface area contributed by atoms with E-state index in [4.69, 9.17) is 0 Å². The first-order valence-electron chi connectivity index (χ1n) is 10.6. The molecule has 4 heteroatoms. The van der Waals surface area contributed by atoms with E-state index in [0.717, 1.165) is 60.3 Å². The van der Waals surface area contributed by atoms with Crippen LogP contribution in [-0.4, -0.2) is 41.8 Å². The Bertz CT molecular complexity index is 1050. The smallest absolute Gasteiger partial charge is 0.188 e. The van der Waals surface area contributed by atoms with Crippen molar-refractivity contribution in [2.75, 3.05) is 26.2 Å². The monoisotopic (exact) mass is 460 g/mol. The van der Waals surface area contributed by atoms with Crippen LogP contribution in [0.2, 0.25) is 0 Å². The van der Waals surface area contributed by atoms with Crippen LogP contribution in [0.25, 0.3) is 0 Å². The molecule has 1 aliphatic heterocycles. The van der Waals surface area contributed by atoms with Crippen LogP contribution in [-0.2, 0) is 18.5 Å². The zero-order chi connectivity index (χ0) is 20.6. The van der Waals surface area contributed by atoms with Crippen LogP contribution in [0.4, 0.5) is 0 Å². The summed E-state index contributed by atoms with van der Waals surface area (Å²) in [5.74, 6) is 0.238. The topological polar surface area (TPSA) is 23.6 Å². The molecule has 3 nitrogen and oxygen atoms in total. The van der Waals surface area contributed by atoms with Gasteiger partial charge in [-0.3, -0.25) is 14.6 Å². The highest BCUT2D eigenvalue weighted by molar-refractivity contribution is 9.10. The molecule has 152 valence electrons. The van der Waals surface area contributed by atoms with E-state index in [1.165, 1.54) is 5.56 Å². The van der Waals surface area contributed by atoms with Crippen molar-refractivity contribution in [2.24, 2.45) is 0 Å². The molecule has 1 fully saturated rings. The Morgan fingerprint density at radius 1 is 0.833 bits per heavy atom. The van der Waals surface area contributed by atoms with Gasteiger partial charge in [0, 0.05) is 49.2 Å². The first-order chi connectivity index (χ1) is 14.7. The largest absolute Gasteiger partial charge is 0.297 e. The van der Waals surface area contributed by atoms with Crippen LogP contribution in [0.15, 0.2) is 83.3 Å². The lowest BCUT2D eigenvalue weighted by atomic mass is 9.83. The number of carbonyl (C=O) groups is 1. The summed E-state index contributed by atoms with van der Waals surface area (Å²) in [6, 6.07) is 27.1. The third kappa shape index (κ3) is 3.43. The second kappa shape index (κ2) is 8.10. The number of rotatable bonds is 4. The average molecular weight is 461 g/mol. The minimum Gasteiger partial charge on any atom is -0.297 e. The van der Waals surface area contributed by atoms with Gasteiger partial charge in [0.15, 0.2) is 5.78 Å². The maximum Gasteiger partial charge on any atom is 0.188 e. The van der Waals surface area contributed by atoms with Gasteiger partial charge in [-0.2, -0.15) is 0 Å². The molecule has 1 saturated heterocycles. The lowest BCUT2D eigenvalue weighted by Gasteiger charge is -2.45. The molecule has 2 aliphatic rings. The molecule has 0 spiro atoms. The molecule has 0 amide bonds. The molecule has 0 radical (unpaired) electrons. The molecule has 30 heavy (non-hydrogen) atoms. The van der Waals surface area contributed by atoms with Crippen molar-refractivity contribution in [3.8, 4) is 0 Å². The quantitative estimate of drug-likeness (QED) is 0.552. The van der Waals surface area contributed by atoms with Crippen molar-refractivity contribution in [3.05, 3.63) is 106 Å². The third-order valence-corrected chi connectivity index (χ3v) is 7.04. The number of ketones is 1. The van der Waals surface area contributed by atoms with Crippen LogP contribution >= 0.6 is 15.9 Å². The fourth-order valence-corrected chi connectivity index (χ4v) is 5.37. The highest BCUT2D eigenvalue weighted by atomic mass is 79.9. The molecule has 1 heterocycles. The molecule has 5 rings (SSSR count). The van der Waals surface area contributed by atoms with Crippen LogP contribution < -0.4 is 0 Å². The molecular weight excluding hydrogens is 436 g/mol. The van der Waals surface area contributed by atoms with E-state index in [-0.39, 0.29) is 5.78 Å². The van der Waals surface area contributed by atoms with E-state index < -0.39 is 5.54 Å². The first-order valence-corrected chi connectivity index (χ1v) is 11.4. The summed E-state index contributed by atoms with van der Waals surface area (Å²) in [5.41, 5.74) is 3.87. The van der Waals surface area contributed by atoms with E-state index in [2.05, 4.69) is 86.4 Å². The van der Waals surface area contributed by atoms with Crippen molar-refractivity contribution in [1.82, 2.24) is 9.80 Å². The summed E-state index contributed by atoms with van der Waals surface area (Å²) in [7, 11) is 0. The number of piperazine rings is 1. The predicted octanol–water partition coefficient (Wildman–Crippen LogP) is 4.90. The van der Waals surface area contributed by atoms with Crippen molar-refractivity contribution >= 4 is 21.7 Å². The first kappa shape index (κ1) is 19.7. The lowest BCUT2D eigenvalue weighted by Crippen LogP contribution is -2.58. The predicted molar refractivity (Wildman–Crippen MR) is 124 cm³/mol. The lowest BCUT2D eigenvalue weighted by molar-refractivity contribution is 0.0288. The van der Waals surface area contributed by atoms with Crippen molar-refractivity contribution in [1.29, 1.82) is 0 Å². The molecule has 1 unspecified atom stereocenters. The number of nitrogens with zero attached hydrogens (tertiary/aromatic N) is 2. The third-order valence-electron chi connectivity index (χ3n) is 6.55. The minimum absolute atomic E-state index is 0.238. The van der Waals surface area contributed by atoms with Crippen molar-refractivity contribution in [2.45, 2.75) is 18.5 Å². The zero-order valence-corrected chi connectivity index (χ0v) is 18.5. The highest BCUT2D eigenvalue weighted by Crippen LogP contribution is 2.43. The van der Waals surface area contributed by atoms with Crippen molar-refractivity contribution in [3.63, 3.8) is 0 Å². The number of carbonyl (C=O) groups excluding carboxylic acids is 1. The fraction of sp³-hybridized carbons (Fsp3) is 0.269. The van der Waals surface area contributed by atoms with Gasteiger partial charge in [0.25, 0.3) is 0 Å². The number of fused-ring (bicyclic) bond motifs is 1. The van der Waals surface area contributed by atoms with Gasteiger partial charge in [-0.25, -0.2) is 0 Å². The van der Waals surface area contributed by atoms with Gasteiger partial charge in [0.1, 0.15) is 5.54 Å². The second-order valence-corrected chi connectivity index (χ2v) is 9.20. The molecule has 0 aromatic heterocycles. The second-order valence-electron chi connectivity index (χ2n) is 8.28. The van der Waals surface area contributed by atoms with E-state index in [9.17, 15) is 4.79 Å². The summed E-state index contributed by atoms with van der Waals surface area (Å²) in [6.07, 6.45) is 0.747. The summed E-state index contributed by atoms with van der Waals surface area (Å²) in [5, 5.41) is 0. The van der Waals surface area contributed by atoms with Crippen LogP contribution in [0.1, 0.15) is 27.0 Å². The van der Waals surface area contributed by atoms with Gasteiger partial charge < -0.3 is 0 Å². The highest BCUT2D eigenvalue weighted by Gasteiger charge is 2.51. The van der Waals surface area contributed by atoms with Crippen LogP contribution in [0, 0.1) is 0 Å². The summed E-state index contributed by atoms with van der Waals surface area (Å²) in [6.45, 7) is 4.69. The molecular formula is C26H25BrN2O. The zero-order valence-electron chi connectivity index (χ0n) is 16.9. The Balaban J connectivity index is 1.43. The fourth-order valence-electron chi connectivity index (χ4n) is 5.01. The molecule has 3 aromatic carbocycles. The van der Waals surface area contributed by atoms with Gasteiger partial charge in [-0.1, -0.05) is 82.7 Å². The van der Waals surface area contributed by atoms with E-state index in [1.54, 1.807) is 0 Å². The Morgan fingerprint density at radius 2 is 1.50 bits per heavy atom. The SMILES string of the molecule is O=C1c2cc(Br)ccc2CC1(c1ccccc1)N1CCN(Cc2ccccc2)CC1. The van der Waals surface area contributed by atoms with Gasteiger partial charge in [0.2, 0.25) is 0 Å². The number of benzene rings is 3. The van der Waals surface area contributed by atoms with Gasteiger partial charge in [-0.15, -0.1) is 0 Å². The molecule has 1 aliphatic carbocycles. The standard InChI is InChI=1S/C26H25BrN2O/c27-23-12-11-21-18-26(25(30)24(21)17-23,22-9-5-2-6-10-22)29-15-13-28(14-16-29)19-20-7-3-1-4-8-20/h1-12,17H,13-16,18-19H2. The Morgan fingerprint density at radius 3 is 2.20 bits per heavy atom. The number of Topliss-reactive ketones (excluding diaryl/α,β-unsaturated/α-hetero) is 1. The maximum absolute atomic E-state index is 13.9.